The molecule has 2 amide bonds. The van der Waals surface area contributed by atoms with Gasteiger partial charge in [0.25, 0.3) is 11.8 Å². The third kappa shape index (κ3) is 3.30. The van der Waals surface area contributed by atoms with Crippen LogP contribution in [-0.4, -0.2) is 40.0 Å². The number of ketones is 1. The fraction of sp³-hybridized carbons (Fsp3) is 0.333. The molecule has 21 heavy (non-hydrogen) atoms. The van der Waals surface area contributed by atoms with Gasteiger partial charge in [-0.2, -0.15) is 4.79 Å². The Morgan fingerprint density at radius 3 is 2.29 bits per heavy atom. The van der Waals surface area contributed by atoms with Crippen molar-refractivity contribution in [2.75, 3.05) is 6.54 Å². The summed E-state index contributed by atoms with van der Waals surface area (Å²) in [5.41, 5.74) is 9.10. The van der Waals surface area contributed by atoms with Crippen molar-refractivity contribution in [2.45, 2.75) is 25.7 Å². The van der Waals surface area contributed by atoms with Crippen molar-refractivity contribution in [1.82, 2.24) is 4.90 Å². The minimum Gasteiger partial charge on any atom is -0.361 e. The fourth-order valence-electron chi connectivity index (χ4n) is 2.32. The molecule has 0 atom stereocenters. The summed E-state index contributed by atoms with van der Waals surface area (Å²) in [6.07, 6.45) is 3.18. The third-order valence-corrected chi connectivity index (χ3v) is 3.38. The fourth-order valence-corrected chi connectivity index (χ4v) is 2.32. The predicted molar refractivity (Wildman–Crippen MR) is 75.0 cm³/mol. The molecule has 1 aliphatic rings. The molecule has 0 fully saturated rings. The summed E-state index contributed by atoms with van der Waals surface area (Å²) in [6.45, 7) is 0.356. The van der Waals surface area contributed by atoms with Gasteiger partial charge >= 0.3 is 6.21 Å². The van der Waals surface area contributed by atoms with E-state index in [9.17, 15) is 14.4 Å². The Morgan fingerprint density at radius 1 is 1.10 bits per heavy atom. The Morgan fingerprint density at radius 2 is 1.71 bits per heavy atom. The maximum absolute atomic E-state index is 12.1. The van der Waals surface area contributed by atoms with Gasteiger partial charge < -0.3 is 5.53 Å². The molecule has 1 heterocycles. The van der Waals surface area contributed by atoms with Crippen molar-refractivity contribution in [3.63, 3.8) is 0 Å². The standard InChI is InChI=1S/C15H15N3O3/c16-17-10-11(19)6-2-1-5-9-18-14(20)12-7-3-4-8-13(12)15(18)21/h3-4,7-8,10H,1-2,5-6,9H2. The van der Waals surface area contributed by atoms with Gasteiger partial charge in [-0.25, -0.2) is 0 Å². The second-order valence-electron chi connectivity index (χ2n) is 4.83. The highest BCUT2D eigenvalue weighted by molar-refractivity contribution is 6.25. The molecule has 0 spiro atoms. The van der Waals surface area contributed by atoms with Crippen LogP contribution in [0.5, 0.6) is 0 Å². The zero-order valence-corrected chi connectivity index (χ0v) is 11.5. The van der Waals surface area contributed by atoms with Crippen LogP contribution in [0.4, 0.5) is 0 Å². The molecule has 0 radical (unpaired) electrons. The lowest BCUT2D eigenvalue weighted by atomic mass is 10.1. The van der Waals surface area contributed by atoms with Crippen molar-refractivity contribution >= 4 is 23.8 Å². The number of benzene rings is 1. The van der Waals surface area contributed by atoms with Gasteiger partial charge in [0.05, 0.1) is 11.1 Å². The number of imide groups is 1. The highest BCUT2D eigenvalue weighted by atomic mass is 16.2. The summed E-state index contributed by atoms with van der Waals surface area (Å²) in [6, 6.07) is 6.79. The monoisotopic (exact) mass is 285 g/mol. The van der Waals surface area contributed by atoms with Crippen molar-refractivity contribution in [2.24, 2.45) is 0 Å². The van der Waals surface area contributed by atoms with E-state index in [-0.39, 0.29) is 17.6 Å². The summed E-state index contributed by atoms with van der Waals surface area (Å²) in [5, 5.41) is 0. The van der Waals surface area contributed by atoms with Crippen LogP contribution in [-0.2, 0) is 4.79 Å². The van der Waals surface area contributed by atoms with Crippen LogP contribution in [0.2, 0.25) is 0 Å². The number of amides is 2. The lowest BCUT2D eigenvalue weighted by Crippen LogP contribution is -2.30. The average Bonchev–Trinajstić information content (AvgIpc) is 2.72. The van der Waals surface area contributed by atoms with E-state index in [0.29, 0.717) is 36.9 Å². The molecular weight excluding hydrogens is 270 g/mol. The van der Waals surface area contributed by atoms with E-state index in [1.807, 2.05) is 0 Å². The maximum atomic E-state index is 12.1. The maximum Gasteiger partial charge on any atom is 0.323 e. The number of carbonyl (C=O) groups is 3. The number of hydrogen-bond donors (Lipinski definition) is 0. The van der Waals surface area contributed by atoms with E-state index in [1.165, 1.54) is 4.90 Å². The van der Waals surface area contributed by atoms with Crippen LogP contribution in [0, 0.1) is 0 Å². The zero-order valence-electron chi connectivity index (χ0n) is 11.5. The second-order valence-corrected chi connectivity index (χ2v) is 4.83. The van der Waals surface area contributed by atoms with Gasteiger partial charge in [-0.3, -0.25) is 19.3 Å². The van der Waals surface area contributed by atoms with Crippen LogP contribution >= 0.6 is 0 Å². The Balaban J connectivity index is 1.80. The van der Waals surface area contributed by atoms with Gasteiger partial charge in [-0.05, 0) is 25.0 Å². The first-order chi connectivity index (χ1) is 10.1. The van der Waals surface area contributed by atoms with E-state index in [0.717, 1.165) is 12.6 Å². The Hall–Kier alpha value is -2.59. The molecule has 2 rings (SSSR count). The average molecular weight is 285 g/mol. The Bertz CT molecular complexity index is 598. The van der Waals surface area contributed by atoms with Crippen LogP contribution in [0.3, 0.4) is 0 Å². The summed E-state index contributed by atoms with van der Waals surface area (Å²) in [5.74, 6) is -0.739. The molecule has 1 aromatic rings. The lowest BCUT2D eigenvalue weighted by Gasteiger charge is -2.13. The van der Waals surface area contributed by atoms with Crippen molar-refractivity contribution in [3.8, 4) is 0 Å². The van der Waals surface area contributed by atoms with E-state index in [4.69, 9.17) is 5.53 Å². The first-order valence-electron chi connectivity index (χ1n) is 6.80. The number of fused-ring (bicyclic) bond motifs is 1. The Kier molecular flexibility index (Phi) is 4.74. The Labute approximate surface area is 122 Å². The summed E-state index contributed by atoms with van der Waals surface area (Å²) >= 11 is 0. The lowest BCUT2D eigenvalue weighted by molar-refractivity contribution is -0.116. The molecule has 108 valence electrons. The van der Waals surface area contributed by atoms with Gasteiger partial charge in [0.15, 0.2) is 0 Å². The first kappa shape index (κ1) is 14.8. The molecule has 1 aliphatic heterocycles. The van der Waals surface area contributed by atoms with E-state index >= 15 is 0 Å². The van der Waals surface area contributed by atoms with Crippen LogP contribution in [0.25, 0.3) is 5.53 Å². The topological polar surface area (TPSA) is 90.8 Å². The van der Waals surface area contributed by atoms with Crippen LogP contribution in [0.15, 0.2) is 24.3 Å². The molecule has 0 saturated carbocycles. The van der Waals surface area contributed by atoms with Gasteiger partial charge in [0.1, 0.15) is 0 Å². The van der Waals surface area contributed by atoms with Crippen LogP contribution < -0.4 is 0 Å². The highest BCUT2D eigenvalue weighted by Crippen LogP contribution is 2.22. The molecule has 1 aromatic carbocycles. The quantitative estimate of drug-likeness (QED) is 0.251. The number of nitrogens with zero attached hydrogens (tertiary/aromatic N) is 3. The smallest absolute Gasteiger partial charge is 0.323 e. The summed E-state index contributed by atoms with van der Waals surface area (Å²) in [7, 11) is 0. The van der Waals surface area contributed by atoms with E-state index in [1.54, 1.807) is 24.3 Å². The molecular formula is C15H15N3O3. The molecule has 0 aliphatic carbocycles. The largest absolute Gasteiger partial charge is 0.361 e. The molecule has 6 heteroatoms. The molecule has 0 saturated heterocycles. The van der Waals surface area contributed by atoms with Crippen molar-refractivity contribution in [1.29, 1.82) is 0 Å². The van der Waals surface area contributed by atoms with Crippen molar-refractivity contribution in [3.05, 3.63) is 40.9 Å². The second kappa shape index (κ2) is 6.72. The van der Waals surface area contributed by atoms with Gasteiger partial charge in [-0.15, -0.1) is 0 Å². The third-order valence-electron chi connectivity index (χ3n) is 3.38. The summed E-state index contributed by atoms with van der Waals surface area (Å²) in [4.78, 5) is 39.1. The molecule has 0 N–H and O–H groups in total. The normalized spacial score (nSPS) is 13.0. The van der Waals surface area contributed by atoms with Gasteiger partial charge in [0, 0.05) is 13.0 Å². The van der Waals surface area contributed by atoms with Crippen LogP contribution in [0.1, 0.15) is 46.4 Å². The SMILES string of the molecule is [N-]=[N+]=CC(=O)CCCCCN1C(=O)c2ccccc2C1=O. The molecule has 0 aromatic heterocycles. The predicted octanol–water partition coefficient (Wildman–Crippen LogP) is 1.71. The van der Waals surface area contributed by atoms with Gasteiger partial charge in [0.2, 0.25) is 5.78 Å². The minimum absolute atomic E-state index is 0.238. The van der Waals surface area contributed by atoms with Gasteiger partial charge in [-0.1, -0.05) is 18.6 Å². The number of hydrogen-bond acceptors (Lipinski definition) is 3. The highest BCUT2D eigenvalue weighted by Gasteiger charge is 2.34. The first-order valence-corrected chi connectivity index (χ1v) is 6.80. The molecule has 0 unspecified atom stereocenters. The minimum atomic E-state index is -0.251. The van der Waals surface area contributed by atoms with E-state index < -0.39 is 0 Å². The van der Waals surface area contributed by atoms with Crippen molar-refractivity contribution < 1.29 is 19.2 Å². The molecule has 6 nitrogen and oxygen atoms in total. The summed E-state index contributed by atoms with van der Waals surface area (Å²) < 4.78 is 0. The van der Waals surface area contributed by atoms with E-state index in [2.05, 4.69) is 4.79 Å². The number of carbonyl (C=O) groups excluding carboxylic acids is 3. The zero-order chi connectivity index (χ0) is 15.2. The number of unbranched alkanes of at least 4 members (excludes halogenated alkanes) is 2. The molecule has 0 bridgehead atoms. The number of Topliss-reactive ketones (excluding diaryl/α,β-unsaturated/α-hetero) is 1. The number of rotatable bonds is 7.